The molecule has 2 aromatic rings. The molecular weight excluding hydrogens is 254 g/mol. The normalized spacial score (nSPS) is 10.0. The molecule has 3 heteroatoms. The van der Waals surface area contributed by atoms with Crippen LogP contribution in [0.5, 0.6) is 5.75 Å². The van der Waals surface area contributed by atoms with Gasteiger partial charge in [0, 0.05) is 9.79 Å². The summed E-state index contributed by atoms with van der Waals surface area (Å²) in [7, 11) is 1.69. The molecule has 0 atom stereocenters. The van der Waals surface area contributed by atoms with Gasteiger partial charge in [0.2, 0.25) is 0 Å². The van der Waals surface area contributed by atoms with Gasteiger partial charge in [-0.3, -0.25) is 0 Å². The molecule has 0 aliphatic rings. The average molecular weight is 269 g/mol. The van der Waals surface area contributed by atoms with Crippen molar-refractivity contribution in [3.8, 4) is 11.8 Å². The van der Waals surface area contributed by atoms with Crippen LogP contribution in [0.2, 0.25) is 0 Å². The number of methoxy groups -OCH3 is 1. The van der Waals surface area contributed by atoms with Gasteiger partial charge in [-0.05, 0) is 61.4 Å². The first-order chi connectivity index (χ1) is 9.13. The molecule has 0 fully saturated rings. The molecule has 0 unspecified atom stereocenters. The van der Waals surface area contributed by atoms with Crippen molar-refractivity contribution in [2.75, 3.05) is 7.11 Å². The number of hydrogen-bond donors (Lipinski definition) is 0. The second-order valence-electron chi connectivity index (χ2n) is 4.33. The lowest BCUT2D eigenvalue weighted by Crippen LogP contribution is -1.90. The van der Waals surface area contributed by atoms with Crippen LogP contribution in [-0.2, 0) is 0 Å². The summed E-state index contributed by atoms with van der Waals surface area (Å²) >= 11 is 1.70. The Hall–Kier alpha value is -1.92. The lowest BCUT2D eigenvalue weighted by atomic mass is 10.1. The van der Waals surface area contributed by atoms with Crippen LogP contribution >= 0.6 is 11.8 Å². The first kappa shape index (κ1) is 13.5. The summed E-state index contributed by atoms with van der Waals surface area (Å²) < 4.78 is 5.32. The third-order valence-corrected chi connectivity index (χ3v) is 4.07. The van der Waals surface area contributed by atoms with Crippen molar-refractivity contribution >= 4 is 11.8 Å². The molecule has 0 N–H and O–H groups in total. The highest BCUT2D eigenvalue weighted by Crippen LogP contribution is 2.34. The molecule has 0 spiro atoms. The van der Waals surface area contributed by atoms with E-state index in [1.54, 1.807) is 18.9 Å². The third-order valence-electron chi connectivity index (χ3n) is 2.90. The summed E-state index contributed by atoms with van der Waals surface area (Å²) in [6.07, 6.45) is 0. The molecule has 96 valence electrons. The quantitative estimate of drug-likeness (QED) is 0.831. The first-order valence-electron chi connectivity index (χ1n) is 5.97. The molecular formula is C16H15NOS. The Kier molecular flexibility index (Phi) is 4.13. The van der Waals surface area contributed by atoms with Gasteiger partial charge < -0.3 is 4.74 Å². The van der Waals surface area contributed by atoms with Gasteiger partial charge in [0.15, 0.2) is 0 Å². The van der Waals surface area contributed by atoms with Gasteiger partial charge in [-0.1, -0.05) is 11.8 Å². The zero-order chi connectivity index (χ0) is 13.8. The van der Waals surface area contributed by atoms with Crippen molar-refractivity contribution in [1.29, 1.82) is 5.26 Å². The van der Waals surface area contributed by atoms with E-state index in [-0.39, 0.29) is 0 Å². The van der Waals surface area contributed by atoms with Crippen LogP contribution in [0.4, 0.5) is 0 Å². The SMILES string of the molecule is COc1cc(C)c(Sc2ccc(C#N)cc2)cc1C. The van der Waals surface area contributed by atoms with Crippen molar-refractivity contribution < 1.29 is 4.74 Å². The predicted molar refractivity (Wildman–Crippen MR) is 77.7 cm³/mol. The molecule has 0 heterocycles. The number of rotatable bonds is 3. The maximum Gasteiger partial charge on any atom is 0.122 e. The van der Waals surface area contributed by atoms with Crippen molar-refractivity contribution in [3.63, 3.8) is 0 Å². The van der Waals surface area contributed by atoms with Crippen LogP contribution in [0.3, 0.4) is 0 Å². The number of hydrogen-bond acceptors (Lipinski definition) is 3. The van der Waals surface area contributed by atoms with Gasteiger partial charge in [0.05, 0.1) is 18.7 Å². The predicted octanol–water partition coefficient (Wildman–Crippen LogP) is 4.33. The van der Waals surface area contributed by atoms with E-state index in [1.807, 2.05) is 31.2 Å². The third kappa shape index (κ3) is 3.10. The minimum absolute atomic E-state index is 0.687. The van der Waals surface area contributed by atoms with Crippen molar-refractivity contribution in [2.45, 2.75) is 23.6 Å². The van der Waals surface area contributed by atoms with E-state index < -0.39 is 0 Å². The molecule has 19 heavy (non-hydrogen) atoms. The number of ether oxygens (including phenoxy) is 1. The fraction of sp³-hybridized carbons (Fsp3) is 0.188. The Morgan fingerprint density at radius 1 is 1.05 bits per heavy atom. The van der Waals surface area contributed by atoms with Crippen LogP contribution in [0.1, 0.15) is 16.7 Å². The zero-order valence-corrected chi connectivity index (χ0v) is 12.0. The fourth-order valence-corrected chi connectivity index (χ4v) is 2.80. The summed E-state index contributed by atoms with van der Waals surface area (Å²) in [6.45, 7) is 4.12. The summed E-state index contributed by atoms with van der Waals surface area (Å²) in [5, 5.41) is 8.79. The summed E-state index contributed by atoms with van der Waals surface area (Å²) in [5.41, 5.74) is 3.01. The summed E-state index contributed by atoms with van der Waals surface area (Å²) in [6, 6.07) is 14.0. The van der Waals surface area contributed by atoms with E-state index in [9.17, 15) is 0 Å². The average Bonchev–Trinajstić information content (AvgIpc) is 2.43. The number of nitrogens with zero attached hydrogens (tertiary/aromatic N) is 1. The second-order valence-corrected chi connectivity index (χ2v) is 5.44. The van der Waals surface area contributed by atoms with E-state index in [1.165, 1.54) is 10.5 Å². The highest BCUT2D eigenvalue weighted by Gasteiger charge is 2.06. The van der Waals surface area contributed by atoms with E-state index in [0.29, 0.717) is 5.56 Å². The highest BCUT2D eigenvalue weighted by molar-refractivity contribution is 7.99. The summed E-state index contributed by atoms with van der Waals surface area (Å²) in [5.74, 6) is 0.918. The molecule has 0 amide bonds. The molecule has 2 rings (SSSR count). The maximum absolute atomic E-state index is 8.79. The largest absolute Gasteiger partial charge is 0.496 e. The lowest BCUT2D eigenvalue weighted by molar-refractivity contribution is 0.411. The number of aryl methyl sites for hydroxylation is 2. The van der Waals surface area contributed by atoms with Gasteiger partial charge in [-0.2, -0.15) is 5.26 Å². The van der Waals surface area contributed by atoms with Crippen molar-refractivity contribution in [2.24, 2.45) is 0 Å². The van der Waals surface area contributed by atoms with Gasteiger partial charge in [0.1, 0.15) is 5.75 Å². The Balaban J connectivity index is 2.28. The number of nitriles is 1. The molecule has 0 radical (unpaired) electrons. The first-order valence-corrected chi connectivity index (χ1v) is 6.79. The van der Waals surface area contributed by atoms with Crippen LogP contribution in [-0.4, -0.2) is 7.11 Å². The lowest BCUT2D eigenvalue weighted by Gasteiger charge is -2.11. The molecule has 0 saturated carbocycles. The molecule has 2 nitrogen and oxygen atoms in total. The minimum atomic E-state index is 0.687. The zero-order valence-electron chi connectivity index (χ0n) is 11.2. The topological polar surface area (TPSA) is 33.0 Å². The smallest absolute Gasteiger partial charge is 0.122 e. The maximum atomic E-state index is 8.79. The van der Waals surface area contributed by atoms with E-state index >= 15 is 0 Å². The van der Waals surface area contributed by atoms with E-state index in [0.717, 1.165) is 16.2 Å². The Bertz CT molecular complexity index is 626. The van der Waals surface area contributed by atoms with Gasteiger partial charge in [0.25, 0.3) is 0 Å². The van der Waals surface area contributed by atoms with Crippen molar-refractivity contribution in [3.05, 3.63) is 53.1 Å². The van der Waals surface area contributed by atoms with Crippen LogP contribution in [0.15, 0.2) is 46.2 Å². The minimum Gasteiger partial charge on any atom is -0.496 e. The standard InChI is InChI=1S/C16H15NOS/c1-11-9-16(12(2)8-15(11)18-3)19-14-6-4-13(10-17)5-7-14/h4-9H,1-3H3. The Morgan fingerprint density at radius 2 is 1.74 bits per heavy atom. The Labute approximate surface area is 118 Å². The van der Waals surface area contributed by atoms with Crippen LogP contribution in [0.25, 0.3) is 0 Å². The van der Waals surface area contributed by atoms with Crippen LogP contribution in [0, 0.1) is 25.2 Å². The Morgan fingerprint density at radius 3 is 2.32 bits per heavy atom. The summed E-state index contributed by atoms with van der Waals surface area (Å²) in [4.78, 5) is 2.34. The molecule has 0 saturated heterocycles. The van der Waals surface area contributed by atoms with E-state index in [4.69, 9.17) is 10.00 Å². The van der Waals surface area contributed by atoms with Crippen molar-refractivity contribution in [1.82, 2.24) is 0 Å². The molecule has 0 aromatic heterocycles. The number of benzene rings is 2. The van der Waals surface area contributed by atoms with E-state index in [2.05, 4.69) is 25.1 Å². The molecule has 0 bridgehead atoms. The van der Waals surface area contributed by atoms with Gasteiger partial charge >= 0.3 is 0 Å². The second kappa shape index (κ2) is 5.81. The monoisotopic (exact) mass is 269 g/mol. The van der Waals surface area contributed by atoms with Gasteiger partial charge in [-0.25, -0.2) is 0 Å². The molecule has 0 aliphatic carbocycles. The molecule has 0 aliphatic heterocycles. The molecule has 2 aromatic carbocycles. The fourth-order valence-electron chi connectivity index (χ4n) is 1.82. The van der Waals surface area contributed by atoms with Crippen LogP contribution < -0.4 is 4.74 Å². The highest BCUT2D eigenvalue weighted by atomic mass is 32.2. The van der Waals surface area contributed by atoms with Gasteiger partial charge in [-0.15, -0.1) is 0 Å².